The van der Waals surface area contributed by atoms with Crippen molar-refractivity contribution in [3.05, 3.63) is 35.4 Å². The van der Waals surface area contributed by atoms with E-state index in [1.54, 1.807) is 0 Å². The molecule has 0 saturated heterocycles. The van der Waals surface area contributed by atoms with E-state index in [-0.39, 0.29) is 0 Å². The lowest BCUT2D eigenvalue weighted by Gasteiger charge is -2.21. The zero-order valence-electron chi connectivity index (χ0n) is 9.88. The van der Waals surface area contributed by atoms with Gasteiger partial charge in [0.05, 0.1) is 0 Å². The van der Waals surface area contributed by atoms with Crippen molar-refractivity contribution < 1.29 is 0 Å². The molecule has 0 spiro atoms. The van der Waals surface area contributed by atoms with Crippen LogP contribution in [-0.2, 0) is 6.42 Å². The lowest BCUT2D eigenvalue weighted by Crippen LogP contribution is -2.30. The van der Waals surface area contributed by atoms with Crippen LogP contribution in [0.1, 0.15) is 31.9 Å². The monoisotopic (exact) mass is 204 g/mol. The van der Waals surface area contributed by atoms with Gasteiger partial charge >= 0.3 is 0 Å². The summed E-state index contributed by atoms with van der Waals surface area (Å²) >= 11 is 0. The van der Waals surface area contributed by atoms with Gasteiger partial charge < -0.3 is 4.90 Å². The van der Waals surface area contributed by atoms with Crippen molar-refractivity contribution in [2.45, 2.75) is 27.2 Å². The summed E-state index contributed by atoms with van der Waals surface area (Å²) in [7, 11) is 0. The quantitative estimate of drug-likeness (QED) is 0.592. The summed E-state index contributed by atoms with van der Waals surface area (Å²) in [6.07, 6.45) is 1.05. The molecule has 2 heteroatoms. The van der Waals surface area contributed by atoms with Crippen LogP contribution in [0.15, 0.2) is 24.3 Å². The standard InChI is InChI=1S/C13H20N2/c1-4-11-7-9-12(10-8-11)13(14)15(5-2)6-3/h7-10,14H,4-6H2,1-3H3. The summed E-state index contributed by atoms with van der Waals surface area (Å²) in [5, 5.41) is 8.04. The van der Waals surface area contributed by atoms with Gasteiger partial charge in [0.1, 0.15) is 5.84 Å². The molecule has 82 valence electrons. The number of benzene rings is 1. The fourth-order valence-electron chi connectivity index (χ4n) is 1.62. The van der Waals surface area contributed by atoms with Crippen LogP contribution in [0.4, 0.5) is 0 Å². The van der Waals surface area contributed by atoms with Gasteiger partial charge in [0, 0.05) is 18.7 Å². The molecule has 0 saturated carbocycles. The Hall–Kier alpha value is -1.31. The lowest BCUT2D eigenvalue weighted by atomic mass is 10.1. The smallest absolute Gasteiger partial charge is 0.128 e. The largest absolute Gasteiger partial charge is 0.357 e. The van der Waals surface area contributed by atoms with E-state index in [2.05, 4.69) is 37.8 Å². The minimum Gasteiger partial charge on any atom is -0.357 e. The number of hydrogen-bond donors (Lipinski definition) is 1. The van der Waals surface area contributed by atoms with Crippen LogP contribution in [0.3, 0.4) is 0 Å². The molecule has 0 amide bonds. The average molecular weight is 204 g/mol. The molecule has 1 N–H and O–H groups in total. The van der Waals surface area contributed by atoms with Gasteiger partial charge in [-0.25, -0.2) is 0 Å². The Morgan fingerprint density at radius 1 is 1.07 bits per heavy atom. The highest BCUT2D eigenvalue weighted by Crippen LogP contribution is 2.08. The number of hydrogen-bond acceptors (Lipinski definition) is 1. The summed E-state index contributed by atoms with van der Waals surface area (Å²) in [6.45, 7) is 8.09. The SMILES string of the molecule is CCc1ccc(C(=N)N(CC)CC)cc1. The minimum absolute atomic E-state index is 0.627. The molecule has 0 aliphatic heterocycles. The molecule has 1 rings (SSSR count). The van der Waals surface area contributed by atoms with Crippen molar-refractivity contribution >= 4 is 5.84 Å². The second kappa shape index (κ2) is 5.54. The third-order valence-electron chi connectivity index (χ3n) is 2.72. The Labute approximate surface area is 92.4 Å². The summed E-state index contributed by atoms with van der Waals surface area (Å²) in [6, 6.07) is 8.29. The van der Waals surface area contributed by atoms with Crippen LogP contribution in [0.25, 0.3) is 0 Å². The van der Waals surface area contributed by atoms with Crippen LogP contribution < -0.4 is 0 Å². The molecule has 2 nitrogen and oxygen atoms in total. The van der Waals surface area contributed by atoms with E-state index >= 15 is 0 Å². The fourth-order valence-corrected chi connectivity index (χ4v) is 1.62. The van der Waals surface area contributed by atoms with Crippen molar-refractivity contribution in [2.75, 3.05) is 13.1 Å². The highest BCUT2D eigenvalue weighted by atomic mass is 15.1. The van der Waals surface area contributed by atoms with Gasteiger partial charge in [0.15, 0.2) is 0 Å². The van der Waals surface area contributed by atoms with Crippen molar-refractivity contribution in [2.24, 2.45) is 0 Å². The molecule has 0 heterocycles. The fraction of sp³-hybridized carbons (Fsp3) is 0.462. The highest BCUT2D eigenvalue weighted by molar-refractivity contribution is 5.96. The topological polar surface area (TPSA) is 27.1 Å². The van der Waals surface area contributed by atoms with Gasteiger partial charge in [-0.15, -0.1) is 0 Å². The summed E-state index contributed by atoms with van der Waals surface area (Å²) in [5.41, 5.74) is 2.34. The number of nitrogens with one attached hydrogen (secondary N) is 1. The second-order valence-corrected chi connectivity index (χ2v) is 3.57. The maximum absolute atomic E-state index is 8.04. The van der Waals surface area contributed by atoms with Crippen LogP contribution in [0, 0.1) is 5.41 Å². The molecule has 0 atom stereocenters. The van der Waals surface area contributed by atoms with Gasteiger partial charge in [-0.05, 0) is 25.8 Å². The third-order valence-corrected chi connectivity index (χ3v) is 2.72. The molecule has 0 aromatic heterocycles. The van der Waals surface area contributed by atoms with E-state index in [1.165, 1.54) is 5.56 Å². The molecule has 0 radical (unpaired) electrons. The van der Waals surface area contributed by atoms with E-state index in [0.717, 1.165) is 25.1 Å². The molecule has 1 aromatic carbocycles. The van der Waals surface area contributed by atoms with Crippen LogP contribution in [0.2, 0.25) is 0 Å². The van der Waals surface area contributed by atoms with Gasteiger partial charge in [-0.3, -0.25) is 5.41 Å². The normalized spacial score (nSPS) is 10.1. The zero-order chi connectivity index (χ0) is 11.3. The summed E-state index contributed by atoms with van der Waals surface area (Å²) < 4.78 is 0. The van der Waals surface area contributed by atoms with Gasteiger partial charge in [0.2, 0.25) is 0 Å². The number of nitrogens with zero attached hydrogens (tertiary/aromatic N) is 1. The molecule has 1 aromatic rings. The molecule has 0 fully saturated rings. The van der Waals surface area contributed by atoms with E-state index in [4.69, 9.17) is 5.41 Å². The highest BCUT2D eigenvalue weighted by Gasteiger charge is 2.07. The summed E-state index contributed by atoms with van der Waals surface area (Å²) in [4.78, 5) is 2.06. The van der Waals surface area contributed by atoms with Crippen LogP contribution in [-0.4, -0.2) is 23.8 Å². The molecular weight excluding hydrogens is 184 g/mol. The van der Waals surface area contributed by atoms with Crippen molar-refractivity contribution in [1.82, 2.24) is 4.90 Å². The predicted octanol–water partition coefficient (Wildman–Crippen LogP) is 2.92. The summed E-state index contributed by atoms with van der Waals surface area (Å²) in [5.74, 6) is 0.627. The Morgan fingerprint density at radius 2 is 1.60 bits per heavy atom. The van der Waals surface area contributed by atoms with Crippen molar-refractivity contribution in [3.63, 3.8) is 0 Å². The van der Waals surface area contributed by atoms with Gasteiger partial charge in [0.25, 0.3) is 0 Å². The first kappa shape index (κ1) is 11.8. The third kappa shape index (κ3) is 2.82. The van der Waals surface area contributed by atoms with E-state index in [9.17, 15) is 0 Å². The molecular formula is C13H20N2. The van der Waals surface area contributed by atoms with E-state index in [0.29, 0.717) is 5.84 Å². The zero-order valence-corrected chi connectivity index (χ0v) is 9.88. The van der Waals surface area contributed by atoms with Crippen LogP contribution in [0.5, 0.6) is 0 Å². The van der Waals surface area contributed by atoms with Gasteiger partial charge in [-0.1, -0.05) is 31.2 Å². The molecule has 0 aliphatic carbocycles. The maximum Gasteiger partial charge on any atom is 0.128 e. The Morgan fingerprint density at radius 3 is 2.00 bits per heavy atom. The predicted molar refractivity (Wildman–Crippen MR) is 65.6 cm³/mol. The average Bonchev–Trinajstić information content (AvgIpc) is 2.30. The lowest BCUT2D eigenvalue weighted by molar-refractivity contribution is 0.463. The molecule has 0 unspecified atom stereocenters. The van der Waals surface area contributed by atoms with Crippen molar-refractivity contribution in [3.8, 4) is 0 Å². The first-order valence-electron chi connectivity index (χ1n) is 5.65. The number of aryl methyl sites for hydroxylation is 1. The Bertz CT molecular complexity index is 310. The number of rotatable bonds is 4. The molecule has 0 bridgehead atoms. The van der Waals surface area contributed by atoms with Crippen molar-refractivity contribution in [1.29, 1.82) is 5.41 Å². The Kier molecular flexibility index (Phi) is 4.35. The second-order valence-electron chi connectivity index (χ2n) is 3.57. The first-order chi connectivity index (χ1) is 7.22. The van der Waals surface area contributed by atoms with E-state index < -0.39 is 0 Å². The minimum atomic E-state index is 0.627. The van der Waals surface area contributed by atoms with Crippen LogP contribution >= 0.6 is 0 Å². The maximum atomic E-state index is 8.04. The first-order valence-corrected chi connectivity index (χ1v) is 5.65. The van der Waals surface area contributed by atoms with Gasteiger partial charge in [-0.2, -0.15) is 0 Å². The number of amidine groups is 1. The van der Waals surface area contributed by atoms with E-state index in [1.807, 2.05) is 12.1 Å². The molecule has 15 heavy (non-hydrogen) atoms. The Balaban J connectivity index is 2.82. The molecule has 0 aliphatic rings.